The summed E-state index contributed by atoms with van der Waals surface area (Å²) < 4.78 is 30.1. The van der Waals surface area contributed by atoms with Crippen LogP contribution in [0.1, 0.15) is 179 Å². The molecule has 5 nitrogen and oxygen atoms in total. The first-order valence-electron chi connectivity index (χ1n) is 20.1. The Labute approximate surface area is 330 Å². The normalized spacial score (nSPS) is 18.0. The van der Waals surface area contributed by atoms with Crippen LogP contribution in [-0.2, 0) is 36.1 Å². The lowest BCUT2D eigenvalue weighted by molar-refractivity contribution is 0.00578. The van der Waals surface area contributed by atoms with Gasteiger partial charge in [-0.05, 0) is 124 Å². The van der Waals surface area contributed by atoms with Gasteiger partial charge in [0.05, 0.1) is 22.4 Å². The van der Waals surface area contributed by atoms with Crippen molar-refractivity contribution in [2.75, 3.05) is 0 Å². The number of halogens is 1. The Morgan fingerprint density at radius 3 is 1.27 bits per heavy atom. The molecular formula is C44H77B2BrO5. The molecule has 0 N–H and O–H groups in total. The zero-order valence-electron chi connectivity index (χ0n) is 34.7. The third-order valence-electron chi connectivity index (χ3n) is 10.7. The van der Waals surface area contributed by atoms with E-state index in [-0.39, 0.29) is 43.1 Å². The summed E-state index contributed by atoms with van der Waals surface area (Å²) in [5.41, 5.74) is 2.87. The molecule has 0 saturated carbocycles. The zero-order chi connectivity index (χ0) is 38.1. The van der Waals surface area contributed by atoms with E-state index >= 15 is 0 Å². The predicted molar refractivity (Wildman–Crippen MR) is 229 cm³/mol. The molecule has 0 amide bonds. The Balaban J connectivity index is 0.000000407. The third-order valence-corrected chi connectivity index (χ3v) is 11.2. The molecule has 0 atom stereocenters. The van der Waals surface area contributed by atoms with Gasteiger partial charge in [0.2, 0.25) is 0 Å². The molecule has 8 heteroatoms. The molecule has 0 spiro atoms. The second kappa shape index (κ2) is 23.7. The third kappa shape index (κ3) is 17.1. The van der Waals surface area contributed by atoms with E-state index in [1.54, 1.807) is 0 Å². The van der Waals surface area contributed by atoms with Crippen molar-refractivity contribution in [1.29, 1.82) is 0 Å². The van der Waals surface area contributed by atoms with Crippen molar-refractivity contribution >= 4 is 35.8 Å². The second-order valence-corrected chi connectivity index (χ2v) is 17.6. The summed E-state index contributed by atoms with van der Waals surface area (Å²) in [4.78, 5) is 0. The molecular weight excluding hydrogens is 710 g/mol. The van der Waals surface area contributed by atoms with E-state index in [2.05, 4.69) is 106 Å². The van der Waals surface area contributed by atoms with Crippen LogP contribution >= 0.6 is 15.9 Å². The molecule has 2 heterocycles. The molecule has 2 saturated heterocycles. The van der Waals surface area contributed by atoms with Crippen molar-refractivity contribution < 1.29 is 23.3 Å². The maximum atomic E-state index is 6.10. The number of rotatable bonds is 17. The minimum atomic E-state index is -0.523. The molecule has 2 aromatic carbocycles. The number of hydrogen-bond donors (Lipinski definition) is 0. The highest BCUT2D eigenvalue weighted by Gasteiger charge is 2.53. The fraction of sp³-hybridized carbons (Fsp3) is 0.727. The van der Waals surface area contributed by atoms with Crippen LogP contribution in [0.25, 0.3) is 0 Å². The first kappa shape index (κ1) is 48.9. The second-order valence-electron chi connectivity index (χ2n) is 16.7. The molecule has 2 aliphatic heterocycles. The van der Waals surface area contributed by atoms with Gasteiger partial charge < -0.3 is 23.3 Å². The van der Waals surface area contributed by atoms with Crippen LogP contribution < -0.4 is 5.46 Å². The van der Waals surface area contributed by atoms with Crippen molar-refractivity contribution in [3.05, 3.63) is 64.1 Å². The molecule has 0 bridgehead atoms. The summed E-state index contributed by atoms with van der Waals surface area (Å²) in [6, 6.07) is 17.5. The summed E-state index contributed by atoms with van der Waals surface area (Å²) in [7, 11) is -0.770. The lowest BCUT2D eigenvalue weighted by Crippen LogP contribution is -2.41. The maximum absolute atomic E-state index is 6.10. The average molecular weight is 788 g/mol. The van der Waals surface area contributed by atoms with Gasteiger partial charge in [0.15, 0.2) is 0 Å². The number of unbranched alkanes of at least 4 members (excludes halogenated alkanes) is 10. The van der Waals surface area contributed by atoms with Crippen LogP contribution in [-0.4, -0.2) is 42.9 Å². The van der Waals surface area contributed by atoms with Gasteiger partial charge in [0.1, 0.15) is 0 Å². The Morgan fingerprint density at radius 2 is 0.885 bits per heavy atom. The van der Waals surface area contributed by atoms with E-state index in [0.29, 0.717) is 0 Å². The summed E-state index contributed by atoms with van der Waals surface area (Å²) in [6.45, 7) is 24.9. The highest BCUT2D eigenvalue weighted by Crippen LogP contribution is 2.37. The van der Waals surface area contributed by atoms with Crippen molar-refractivity contribution in [1.82, 2.24) is 0 Å². The largest absolute Gasteiger partial charge is 0.640 e. The van der Waals surface area contributed by atoms with E-state index in [1.165, 1.54) is 105 Å². The molecule has 52 heavy (non-hydrogen) atoms. The molecule has 0 radical (unpaired) electrons. The summed E-state index contributed by atoms with van der Waals surface area (Å²) in [5.74, 6) is 0. The van der Waals surface area contributed by atoms with Crippen LogP contribution in [0.15, 0.2) is 53.0 Å². The maximum Gasteiger partial charge on any atom is 0.640 e. The highest BCUT2D eigenvalue weighted by atomic mass is 79.9. The number of aryl methyl sites for hydroxylation is 2. The lowest BCUT2D eigenvalue weighted by atomic mass is 9.78. The minimum Gasteiger partial charge on any atom is -0.399 e. The van der Waals surface area contributed by atoms with E-state index in [4.69, 9.17) is 23.3 Å². The van der Waals surface area contributed by atoms with Gasteiger partial charge in [-0.25, -0.2) is 0 Å². The molecule has 2 aliphatic rings. The van der Waals surface area contributed by atoms with Crippen LogP contribution in [0.2, 0.25) is 0 Å². The SMILES string of the molecule is C.CC(C)OB1OC(C)(C)C(C)(C)O1.CCCCCCCCc1ccc(B2OC(C)(C)C(C)(C)O2)cc1.CCCCCCCCc1ccc(Br)cc1. The first-order valence-corrected chi connectivity index (χ1v) is 20.9. The van der Waals surface area contributed by atoms with E-state index in [1.807, 2.05) is 41.5 Å². The Bertz CT molecular complexity index is 1180. The standard InChI is InChI=1S/C20H33BO2.C14H21Br.C9H19BO3.CH4/c1-6-7-8-9-10-11-12-17-13-15-18(16-14-17)21-22-19(2,3)20(4,5)23-21;1-2-3-4-5-6-7-8-13-9-11-14(15)12-10-13;1-7(2)11-10-12-8(3,4)9(5,6)13-10;/h13-16H,6-12H2,1-5H3;9-12H,2-8H2,1H3;7H,1-6H3;1H4. The van der Waals surface area contributed by atoms with Crippen LogP contribution in [0, 0.1) is 0 Å². The minimum absolute atomic E-state index is 0. The lowest BCUT2D eigenvalue weighted by Gasteiger charge is -2.32. The zero-order valence-corrected chi connectivity index (χ0v) is 36.3. The van der Waals surface area contributed by atoms with Gasteiger partial charge in [-0.1, -0.05) is 138 Å². The van der Waals surface area contributed by atoms with E-state index in [9.17, 15) is 0 Å². The smallest absolute Gasteiger partial charge is 0.399 e. The molecule has 2 fully saturated rings. The highest BCUT2D eigenvalue weighted by molar-refractivity contribution is 9.10. The quantitative estimate of drug-likeness (QED) is 0.118. The van der Waals surface area contributed by atoms with Gasteiger partial charge >= 0.3 is 14.4 Å². The van der Waals surface area contributed by atoms with Crippen molar-refractivity contribution in [2.24, 2.45) is 0 Å². The van der Waals surface area contributed by atoms with E-state index in [0.717, 1.165) is 5.46 Å². The van der Waals surface area contributed by atoms with Crippen molar-refractivity contribution in [3.63, 3.8) is 0 Å². The topological polar surface area (TPSA) is 46.2 Å². The molecule has 2 aromatic rings. The predicted octanol–water partition coefficient (Wildman–Crippen LogP) is 12.9. The van der Waals surface area contributed by atoms with Gasteiger partial charge in [-0.3, -0.25) is 0 Å². The molecule has 4 rings (SSSR count). The fourth-order valence-electron chi connectivity index (χ4n) is 5.76. The monoisotopic (exact) mass is 787 g/mol. The molecule has 0 unspecified atom stereocenters. The van der Waals surface area contributed by atoms with Crippen LogP contribution in [0.3, 0.4) is 0 Å². The van der Waals surface area contributed by atoms with Crippen LogP contribution in [0.4, 0.5) is 0 Å². The molecule has 296 valence electrons. The van der Waals surface area contributed by atoms with Crippen molar-refractivity contribution in [2.45, 2.75) is 209 Å². The molecule has 0 aliphatic carbocycles. The van der Waals surface area contributed by atoms with Gasteiger partial charge in [0.25, 0.3) is 0 Å². The first-order chi connectivity index (χ1) is 23.9. The van der Waals surface area contributed by atoms with Gasteiger partial charge in [0, 0.05) is 10.6 Å². The van der Waals surface area contributed by atoms with Crippen LogP contribution in [0.5, 0.6) is 0 Å². The Morgan fingerprint density at radius 1 is 0.538 bits per heavy atom. The molecule has 0 aromatic heterocycles. The van der Waals surface area contributed by atoms with Gasteiger partial charge in [-0.2, -0.15) is 0 Å². The summed E-state index contributed by atoms with van der Waals surface area (Å²) >= 11 is 3.46. The number of hydrogen-bond acceptors (Lipinski definition) is 5. The Hall–Kier alpha value is -1.15. The summed E-state index contributed by atoms with van der Waals surface area (Å²) in [6.07, 6.45) is 18.9. The van der Waals surface area contributed by atoms with Crippen molar-refractivity contribution in [3.8, 4) is 0 Å². The number of benzene rings is 2. The fourth-order valence-corrected chi connectivity index (χ4v) is 6.02. The average Bonchev–Trinajstić information content (AvgIpc) is 3.40. The summed E-state index contributed by atoms with van der Waals surface area (Å²) in [5, 5.41) is 0. The van der Waals surface area contributed by atoms with E-state index < -0.39 is 7.32 Å². The Kier molecular flexibility index (Phi) is 22.3. The van der Waals surface area contributed by atoms with Gasteiger partial charge in [-0.15, -0.1) is 0 Å².